The predicted octanol–water partition coefficient (Wildman–Crippen LogP) is -0.526. The van der Waals surface area contributed by atoms with Gasteiger partial charge in [-0.1, -0.05) is 12.1 Å². The summed E-state index contributed by atoms with van der Waals surface area (Å²) < 4.78 is 13.2. The number of hydrogen-bond donors (Lipinski definition) is 3. The molecular weight excluding hydrogens is 343 g/mol. The van der Waals surface area contributed by atoms with Gasteiger partial charge in [-0.15, -0.1) is 0 Å². The number of amides is 4. The molecule has 2 aliphatic rings. The Morgan fingerprint density at radius 1 is 1.27 bits per heavy atom. The van der Waals surface area contributed by atoms with Crippen molar-refractivity contribution in [2.75, 3.05) is 13.1 Å². The summed E-state index contributed by atoms with van der Waals surface area (Å²) >= 11 is 0. The zero-order valence-electron chi connectivity index (χ0n) is 14.0. The summed E-state index contributed by atoms with van der Waals surface area (Å²) in [5, 5.41) is 5.02. The van der Waals surface area contributed by atoms with Crippen molar-refractivity contribution in [3.05, 3.63) is 34.9 Å². The van der Waals surface area contributed by atoms with E-state index >= 15 is 0 Å². The molecule has 2 atom stereocenters. The van der Waals surface area contributed by atoms with E-state index in [1.807, 2.05) is 0 Å². The molecule has 1 saturated heterocycles. The van der Waals surface area contributed by atoms with Crippen molar-refractivity contribution in [2.24, 2.45) is 5.73 Å². The first kappa shape index (κ1) is 18.2. The van der Waals surface area contributed by atoms with Crippen molar-refractivity contribution in [3.63, 3.8) is 0 Å². The van der Waals surface area contributed by atoms with Crippen molar-refractivity contribution in [3.8, 4) is 0 Å². The van der Waals surface area contributed by atoms with Crippen LogP contribution in [-0.2, 0) is 16.1 Å². The van der Waals surface area contributed by atoms with Gasteiger partial charge in [0.15, 0.2) is 0 Å². The molecular formula is C17H19FN4O4. The Morgan fingerprint density at radius 3 is 2.73 bits per heavy atom. The summed E-state index contributed by atoms with van der Waals surface area (Å²) in [5.74, 6) is -2.22. The van der Waals surface area contributed by atoms with Crippen molar-refractivity contribution in [1.29, 1.82) is 0 Å². The average Bonchev–Trinajstić information content (AvgIpc) is 2.87. The Bertz CT molecular complexity index is 782. The Hall–Kier alpha value is -2.65. The van der Waals surface area contributed by atoms with Crippen molar-refractivity contribution >= 4 is 23.6 Å². The molecule has 0 bridgehead atoms. The average molecular weight is 362 g/mol. The third-order valence-corrected chi connectivity index (χ3v) is 4.49. The fraction of sp³-hybridized carbons (Fsp3) is 0.412. The smallest absolute Gasteiger partial charge is 0.262 e. The van der Waals surface area contributed by atoms with Crippen LogP contribution in [-0.4, -0.2) is 53.8 Å². The van der Waals surface area contributed by atoms with Gasteiger partial charge in [-0.05, 0) is 18.1 Å². The number of nitrogens with one attached hydrogen (secondary N) is 2. The van der Waals surface area contributed by atoms with Crippen LogP contribution in [0.1, 0.15) is 39.1 Å². The van der Waals surface area contributed by atoms with E-state index in [0.717, 1.165) is 4.90 Å². The Labute approximate surface area is 148 Å². The van der Waals surface area contributed by atoms with Crippen LogP contribution in [0.3, 0.4) is 0 Å². The van der Waals surface area contributed by atoms with E-state index in [1.165, 1.54) is 6.07 Å². The van der Waals surface area contributed by atoms with Gasteiger partial charge >= 0.3 is 0 Å². The molecule has 9 heteroatoms. The molecule has 8 nitrogen and oxygen atoms in total. The van der Waals surface area contributed by atoms with Crippen LogP contribution in [0, 0.1) is 0 Å². The summed E-state index contributed by atoms with van der Waals surface area (Å²) in [6.45, 7) is 0.103. The molecule has 0 aromatic heterocycles. The van der Waals surface area contributed by atoms with Gasteiger partial charge in [0.05, 0.1) is 11.1 Å². The molecule has 4 N–H and O–H groups in total. The largest absolute Gasteiger partial charge is 0.328 e. The number of nitrogens with two attached hydrogens (primary N) is 1. The maximum Gasteiger partial charge on any atom is 0.262 e. The number of alkyl halides is 1. The number of halogens is 1. The number of rotatable bonds is 6. The first-order valence-electron chi connectivity index (χ1n) is 8.32. The molecule has 0 saturated carbocycles. The minimum atomic E-state index is -1.20. The van der Waals surface area contributed by atoms with Crippen LogP contribution in [0.15, 0.2) is 18.2 Å². The molecule has 3 rings (SSSR count). The third kappa shape index (κ3) is 3.23. The second-order valence-electron chi connectivity index (χ2n) is 6.25. The highest BCUT2D eigenvalue weighted by atomic mass is 19.1. The van der Waals surface area contributed by atoms with E-state index in [2.05, 4.69) is 10.6 Å². The Kier molecular flexibility index (Phi) is 5.10. The quantitative estimate of drug-likeness (QED) is 0.585. The molecule has 0 spiro atoms. The molecule has 2 aliphatic heterocycles. The highest BCUT2D eigenvalue weighted by Crippen LogP contribution is 2.29. The van der Waals surface area contributed by atoms with Gasteiger partial charge in [0.1, 0.15) is 12.2 Å². The van der Waals surface area contributed by atoms with Gasteiger partial charge in [0.25, 0.3) is 11.8 Å². The van der Waals surface area contributed by atoms with Crippen LogP contribution in [0.25, 0.3) is 0 Å². The lowest BCUT2D eigenvalue weighted by molar-refractivity contribution is -0.136. The van der Waals surface area contributed by atoms with Gasteiger partial charge < -0.3 is 11.1 Å². The number of piperidine rings is 1. The van der Waals surface area contributed by atoms with Crippen molar-refractivity contribution in [1.82, 2.24) is 15.5 Å². The zero-order valence-corrected chi connectivity index (χ0v) is 14.0. The van der Waals surface area contributed by atoms with Crippen molar-refractivity contribution < 1.29 is 23.6 Å². The van der Waals surface area contributed by atoms with Gasteiger partial charge in [-0.25, -0.2) is 4.39 Å². The standard InChI is InChI=1S/C17H19FN4O4/c18-10(6-19)8-20-7-9-2-1-3-11-14(9)17(26)22(16(11)25)12-4-5-13(23)21-15(12)24/h1-3,10,12,20H,4-8,19H2,(H,21,23,24). The maximum absolute atomic E-state index is 13.2. The number of fused-ring (bicyclic) bond motifs is 1. The number of nitrogens with zero attached hydrogens (tertiary/aromatic N) is 1. The normalized spacial score (nSPS) is 21.0. The minimum absolute atomic E-state index is 0.0269. The molecule has 4 amide bonds. The van der Waals surface area contributed by atoms with Crippen LogP contribution in [0.5, 0.6) is 0 Å². The lowest BCUT2D eigenvalue weighted by atomic mass is 10.0. The molecule has 1 aromatic carbocycles. The van der Waals surface area contributed by atoms with Crippen LogP contribution < -0.4 is 16.4 Å². The summed E-state index contributed by atoms with van der Waals surface area (Å²) in [7, 11) is 0. The highest BCUT2D eigenvalue weighted by molar-refractivity contribution is 6.24. The molecule has 0 radical (unpaired) electrons. The number of carbonyl (C=O) groups excluding carboxylic acids is 4. The van der Waals surface area contributed by atoms with Crippen LogP contribution >= 0.6 is 0 Å². The van der Waals surface area contributed by atoms with E-state index < -0.39 is 35.8 Å². The summed E-state index contributed by atoms with van der Waals surface area (Å²) in [4.78, 5) is 49.7. The highest BCUT2D eigenvalue weighted by Gasteiger charge is 2.45. The topological polar surface area (TPSA) is 122 Å². The van der Waals surface area contributed by atoms with E-state index in [4.69, 9.17) is 5.73 Å². The molecule has 26 heavy (non-hydrogen) atoms. The SMILES string of the molecule is NCC(F)CNCc1cccc2c1C(=O)N(C1CCC(=O)NC1=O)C2=O. The summed E-state index contributed by atoms with van der Waals surface area (Å²) in [6.07, 6.45) is -1.04. The molecule has 1 fully saturated rings. The molecule has 138 valence electrons. The molecule has 1 aromatic rings. The number of benzene rings is 1. The second-order valence-corrected chi connectivity index (χ2v) is 6.25. The van der Waals surface area contributed by atoms with Crippen LogP contribution in [0.4, 0.5) is 4.39 Å². The fourth-order valence-electron chi connectivity index (χ4n) is 3.18. The van der Waals surface area contributed by atoms with Gasteiger partial charge in [-0.2, -0.15) is 0 Å². The monoisotopic (exact) mass is 362 g/mol. The van der Waals surface area contributed by atoms with Gasteiger partial charge in [-0.3, -0.25) is 29.4 Å². The van der Waals surface area contributed by atoms with E-state index in [9.17, 15) is 23.6 Å². The Balaban J connectivity index is 1.82. The minimum Gasteiger partial charge on any atom is -0.328 e. The zero-order chi connectivity index (χ0) is 18.8. The van der Waals surface area contributed by atoms with Crippen LogP contribution in [0.2, 0.25) is 0 Å². The van der Waals surface area contributed by atoms with Gasteiger partial charge in [0, 0.05) is 26.1 Å². The number of carbonyl (C=O) groups is 4. The Morgan fingerprint density at radius 2 is 2.04 bits per heavy atom. The fourth-order valence-corrected chi connectivity index (χ4v) is 3.18. The lowest BCUT2D eigenvalue weighted by Gasteiger charge is -2.27. The second kappa shape index (κ2) is 7.30. The number of hydrogen-bond acceptors (Lipinski definition) is 6. The van der Waals surface area contributed by atoms with Crippen molar-refractivity contribution in [2.45, 2.75) is 31.6 Å². The molecule has 0 aliphatic carbocycles. The first-order chi connectivity index (χ1) is 12.4. The molecule has 2 heterocycles. The maximum atomic E-state index is 13.2. The van der Waals surface area contributed by atoms with E-state index in [1.54, 1.807) is 12.1 Å². The van der Waals surface area contributed by atoms with Gasteiger partial charge in [0.2, 0.25) is 11.8 Å². The summed E-state index contributed by atoms with van der Waals surface area (Å²) in [6, 6.07) is 3.81. The predicted molar refractivity (Wildman–Crippen MR) is 88.8 cm³/mol. The van der Waals surface area contributed by atoms with E-state index in [0.29, 0.717) is 5.56 Å². The third-order valence-electron chi connectivity index (χ3n) is 4.49. The number of imide groups is 2. The van der Waals surface area contributed by atoms with E-state index in [-0.39, 0.29) is 43.6 Å². The lowest BCUT2D eigenvalue weighted by Crippen LogP contribution is -2.54. The summed E-state index contributed by atoms with van der Waals surface area (Å²) in [5.41, 5.74) is 6.17. The molecule has 2 unspecified atom stereocenters. The first-order valence-corrected chi connectivity index (χ1v) is 8.32.